The molecule has 2 N–H and O–H groups in total. The molecule has 0 bridgehead atoms. The molecular weight excluding hydrogens is 559 g/mol. The zero-order valence-corrected chi connectivity index (χ0v) is 25.0. The molecule has 41 heavy (non-hydrogen) atoms. The van der Waals surface area contributed by atoms with E-state index in [1.807, 2.05) is 0 Å². The molecular formula is C30H38Cl2N8O. The highest BCUT2D eigenvalue weighted by molar-refractivity contribution is 6.38. The molecule has 5 rings (SSSR count). The van der Waals surface area contributed by atoms with E-state index < -0.39 is 0 Å². The summed E-state index contributed by atoms with van der Waals surface area (Å²) in [4.78, 5) is 34.1. The predicted octanol–water partition coefficient (Wildman–Crippen LogP) is 5.28. The molecule has 0 radical (unpaired) electrons. The van der Waals surface area contributed by atoms with E-state index in [-0.39, 0.29) is 12.3 Å². The number of hydrogen-bond donors (Lipinski definition) is 2. The molecule has 2 aliphatic heterocycles. The van der Waals surface area contributed by atoms with Crippen LogP contribution in [0.1, 0.15) is 25.3 Å². The Balaban J connectivity index is 0.000000247. The van der Waals surface area contributed by atoms with Crippen molar-refractivity contribution in [2.75, 3.05) is 67.5 Å². The van der Waals surface area contributed by atoms with Crippen LogP contribution in [0.15, 0.2) is 67.6 Å². The van der Waals surface area contributed by atoms with Crippen LogP contribution in [-0.2, 0) is 11.2 Å². The first-order chi connectivity index (χ1) is 20.0. The Morgan fingerprint density at radius 1 is 0.951 bits per heavy atom. The summed E-state index contributed by atoms with van der Waals surface area (Å²) in [5.74, 6) is 0.735. The van der Waals surface area contributed by atoms with Crippen LogP contribution in [0.25, 0.3) is 0 Å². The molecule has 218 valence electrons. The van der Waals surface area contributed by atoms with Crippen molar-refractivity contribution >= 4 is 46.2 Å². The average molecular weight is 598 g/mol. The SMILES string of the molecule is CCCN1CCCc2ccccc21.O=C(CNc1cnccncc[nH]1)CN1CCN(c2c(Cl)cncc2Cl)CC1. The van der Waals surface area contributed by atoms with E-state index in [1.165, 1.54) is 43.6 Å². The number of piperazine rings is 1. The number of H-pyrrole nitrogens is 1. The fraction of sp³-hybridized carbons (Fsp3) is 0.400. The Labute approximate surface area is 252 Å². The van der Waals surface area contributed by atoms with Gasteiger partial charge < -0.3 is 20.1 Å². The monoisotopic (exact) mass is 596 g/mol. The summed E-state index contributed by atoms with van der Waals surface area (Å²) in [6, 6.07) is 8.81. The van der Waals surface area contributed by atoms with Crippen molar-refractivity contribution in [1.82, 2.24) is 24.8 Å². The number of carbonyl (C=O) groups is 1. The fourth-order valence-corrected chi connectivity index (χ4v) is 5.60. The van der Waals surface area contributed by atoms with Gasteiger partial charge >= 0.3 is 0 Å². The van der Waals surface area contributed by atoms with Gasteiger partial charge in [0.25, 0.3) is 0 Å². The van der Waals surface area contributed by atoms with E-state index in [0.717, 1.165) is 31.9 Å². The number of para-hydroxylation sites is 1. The van der Waals surface area contributed by atoms with Gasteiger partial charge in [-0.2, -0.15) is 0 Å². The summed E-state index contributed by atoms with van der Waals surface area (Å²) >= 11 is 12.5. The molecule has 3 aromatic rings. The highest BCUT2D eigenvalue weighted by Crippen LogP contribution is 2.33. The third-order valence-corrected chi connectivity index (χ3v) is 7.49. The summed E-state index contributed by atoms with van der Waals surface area (Å²) in [6.07, 6.45) is 15.0. The van der Waals surface area contributed by atoms with E-state index in [9.17, 15) is 4.79 Å². The van der Waals surface area contributed by atoms with Crippen LogP contribution in [0.3, 0.4) is 0 Å². The molecule has 0 spiro atoms. The summed E-state index contributed by atoms with van der Waals surface area (Å²) in [5.41, 5.74) is 3.81. The van der Waals surface area contributed by atoms with Gasteiger partial charge in [-0.3, -0.25) is 24.6 Å². The number of benzene rings is 1. The van der Waals surface area contributed by atoms with Crippen molar-refractivity contribution in [1.29, 1.82) is 0 Å². The third kappa shape index (κ3) is 9.31. The molecule has 2 aliphatic rings. The van der Waals surface area contributed by atoms with E-state index >= 15 is 0 Å². The summed E-state index contributed by atoms with van der Waals surface area (Å²) < 4.78 is 0. The molecule has 9 nitrogen and oxygen atoms in total. The van der Waals surface area contributed by atoms with Crippen LogP contribution in [0.4, 0.5) is 17.2 Å². The van der Waals surface area contributed by atoms with Crippen LogP contribution in [0.5, 0.6) is 0 Å². The van der Waals surface area contributed by atoms with E-state index in [1.54, 1.807) is 43.4 Å². The quantitative estimate of drug-likeness (QED) is 0.362. The first-order valence-corrected chi connectivity index (χ1v) is 14.8. The number of nitrogens with one attached hydrogen (secondary N) is 2. The summed E-state index contributed by atoms with van der Waals surface area (Å²) in [5, 5.41) is 4.14. The highest BCUT2D eigenvalue weighted by Gasteiger charge is 2.22. The number of carbonyl (C=O) groups excluding carboxylic acids is 1. The lowest BCUT2D eigenvalue weighted by atomic mass is 10.0. The van der Waals surface area contributed by atoms with Gasteiger partial charge in [-0.25, -0.2) is 0 Å². The molecule has 0 saturated carbocycles. The van der Waals surface area contributed by atoms with Crippen LogP contribution in [0.2, 0.25) is 10.0 Å². The molecule has 0 amide bonds. The zero-order valence-electron chi connectivity index (χ0n) is 23.5. The van der Waals surface area contributed by atoms with Crippen molar-refractivity contribution in [3.8, 4) is 0 Å². The second kappa shape index (κ2) is 16.1. The van der Waals surface area contributed by atoms with Crippen molar-refractivity contribution < 1.29 is 4.79 Å². The number of halogens is 2. The number of pyridine rings is 1. The molecule has 4 heterocycles. The number of aromatic amines is 1. The van der Waals surface area contributed by atoms with E-state index in [4.69, 9.17) is 23.2 Å². The van der Waals surface area contributed by atoms with Crippen molar-refractivity contribution in [3.05, 3.63) is 83.3 Å². The number of ketones is 1. The van der Waals surface area contributed by atoms with Crippen LogP contribution < -0.4 is 15.1 Å². The van der Waals surface area contributed by atoms with Crippen LogP contribution >= 0.6 is 23.2 Å². The second-order valence-electron chi connectivity index (χ2n) is 9.93. The first kappa shape index (κ1) is 30.6. The minimum absolute atomic E-state index is 0.0974. The van der Waals surface area contributed by atoms with Crippen LogP contribution in [-0.4, -0.2) is 83.0 Å². The molecule has 1 aromatic carbocycles. The van der Waals surface area contributed by atoms with Gasteiger partial charge in [-0.05, 0) is 30.9 Å². The van der Waals surface area contributed by atoms with E-state index in [2.05, 4.69) is 71.1 Å². The predicted molar refractivity (Wildman–Crippen MR) is 168 cm³/mol. The lowest BCUT2D eigenvalue weighted by Gasteiger charge is -2.36. The lowest BCUT2D eigenvalue weighted by molar-refractivity contribution is -0.118. The number of nitrogens with zero attached hydrogens (tertiary/aromatic N) is 6. The van der Waals surface area contributed by atoms with Gasteiger partial charge in [-0.1, -0.05) is 48.3 Å². The standard InChI is InChI=1S/C18H21Cl2N7O.C12H17N/c19-15-10-23-11-16(20)18(15)27-7-5-26(6-8-27)13-14(28)9-25-17-12-22-2-1-21-3-4-24-17;1-2-9-13-10-5-7-11-6-3-4-8-12(11)13/h1-4,10-12,24-25H,5-9,13H2;3-4,6,8H,2,5,7,9-10H2,1H3. The number of Topliss-reactive ketones (excluding diaryl/α,β-unsaturated/α-hetero) is 1. The fourth-order valence-electron chi connectivity index (χ4n) is 5.00. The Morgan fingerprint density at radius 3 is 2.49 bits per heavy atom. The second-order valence-corrected chi connectivity index (χ2v) is 10.7. The number of hydrogen-bond acceptors (Lipinski definition) is 8. The number of aryl methyl sites for hydroxylation is 1. The molecule has 1 saturated heterocycles. The van der Waals surface area contributed by atoms with Gasteiger partial charge in [0.05, 0.1) is 35.0 Å². The van der Waals surface area contributed by atoms with Gasteiger partial charge in [-0.15, -0.1) is 0 Å². The van der Waals surface area contributed by atoms with Crippen molar-refractivity contribution in [3.63, 3.8) is 0 Å². The summed E-state index contributed by atoms with van der Waals surface area (Å²) in [7, 11) is 0. The molecule has 11 heteroatoms. The van der Waals surface area contributed by atoms with Gasteiger partial charge in [0.15, 0.2) is 5.78 Å². The maximum Gasteiger partial charge on any atom is 0.165 e. The van der Waals surface area contributed by atoms with Crippen molar-refractivity contribution in [2.24, 2.45) is 0 Å². The Bertz CT molecular complexity index is 1270. The smallest absolute Gasteiger partial charge is 0.165 e. The van der Waals surface area contributed by atoms with Gasteiger partial charge in [0.1, 0.15) is 5.82 Å². The Kier molecular flexibility index (Phi) is 12.0. The minimum Gasteiger partial charge on any atom is -0.371 e. The zero-order chi connectivity index (χ0) is 28.9. The highest BCUT2D eigenvalue weighted by atomic mass is 35.5. The first-order valence-electron chi connectivity index (χ1n) is 14.1. The molecule has 0 unspecified atom stereocenters. The third-order valence-electron chi connectivity index (χ3n) is 6.93. The average Bonchev–Trinajstić information content (AvgIpc) is 3.12. The number of rotatable bonds is 8. The maximum absolute atomic E-state index is 12.3. The van der Waals surface area contributed by atoms with Gasteiger partial charge in [0.2, 0.25) is 0 Å². The topological polar surface area (TPSA) is 93.3 Å². The number of anilines is 3. The number of aromatic nitrogens is 4. The van der Waals surface area contributed by atoms with E-state index in [0.29, 0.717) is 22.4 Å². The van der Waals surface area contributed by atoms with Crippen molar-refractivity contribution in [2.45, 2.75) is 26.2 Å². The normalized spacial score (nSPS) is 14.8. The Morgan fingerprint density at radius 2 is 1.71 bits per heavy atom. The Hall–Kier alpha value is -3.40. The lowest BCUT2D eigenvalue weighted by Crippen LogP contribution is -2.48. The molecule has 1 fully saturated rings. The number of fused-ring (bicyclic) bond motifs is 1. The molecule has 0 atom stereocenters. The maximum atomic E-state index is 12.3. The largest absolute Gasteiger partial charge is 0.371 e. The minimum atomic E-state index is 0.0974. The molecule has 2 aromatic heterocycles. The summed E-state index contributed by atoms with van der Waals surface area (Å²) in [6.45, 7) is 8.29. The van der Waals surface area contributed by atoms with Crippen LogP contribution in [0, 0.1) is 0 Å². The van der Waals surface area contributed by atoms with Gasteiger partial charge in [0, 0.05) is 82.1 Å². The molecule has 0 aliphatic carbocycles.